The average Bonchev–Trinajstić information content (AvgIpc) is 3.47. The molecular weight excluding hydrogens is 652 g/mol. The smallest absolute Gasteiger partial charge is 0.246 e. The molecule has 1 unspecified atom stereocenters. The van der Waals surface area contributed by atoms with Crippen LogP contribution in [-0.2, 0) is 38.4 Å². The van der Waals surface area contributed by atoms with Gasteiger partial charge in [-0.05, 0) is 73.0 Å². The number of carbonyl (C=O) groups excluding carboxylic acids is 4. The number of amides is 3. The topological polar surface area (TPSA) is 78.0 Å². The first-order chi connectivity index (χ1) is 20.5. The maximum Gasteiger partial charge on any atom is 0.246 e. The fourth-order valence-corrected chi connectivity index (χ4v) is 6.72. The largest absolute Gasteiger partial charge is 0.335 e. The van der Waals surface area contributed by atoms with Gasteiger partial charge < -0.3 is 14.7 Å². The fourth-order valence-electron chi connectivity index (χ4n) is 5.02. The molecule has 1 atom stereocenters. The monoisotopic (exact) mass is 681 g/mol. The molecule has 1 aromatic heterocycles. The lowest BCUT2D eigenvalue weighted by Crippen LogP contribution is -2.61. The molecule has 7 nitrogen and oxygen atoms in total. The zero-order chi connectivity index (χ0) is 31.1. The summed E-state index contributed by atoms with van der Waals surface area (Å²) >= 11 is 26.3. The molecule has 0 radical (unpaired) electrons. The van der Waals surface area contributed by atoms with Crippen LogP contribution in [0.5, 0.6) is 0 Å². The van der Waals surface area contributed by atoms with Gasteiger partial charge in [-0.25, -0.2) is 0 Å². The number of carbonyl (C=O) groups is 4. The normalized spacial score (nSPS) is 15.2. The number of ketones is 1. The molecule has 0 saturated carbocycles. The number of halogens is 4. The van der Waals surface area contributed by atoms with E-state index in [2.05, 4.69) is 0 Å². The van der Waals surface area contributed by atoms with E-state index in [9.17, 15) is 19.2 Å². The van der Waals surface area contributed by atoms with Gasteiger partial charge in [-0.1, -0.05) is 64.6 Å². The van der Waals surface area contributed by atoms with E-state index < -0.39 is 11.9 Å². The number of rotatable bonds is 13. The second kappa shape index (κ2) is 15.4. The maximum atomic E-state index is 13.9. The summed E-state index contributed by atoms with van der Waals surface area (Å²) in [4.78, 5) is 58.6. The quantitative estimate of drug-likeness (QED) is 0.214. The lowest BCUT2D eigenvalue weighted by atomic mass is 10.0. The Labute approximate surface area is 275 Å². The third kappa shape index (κ3) is 9.19. The van der Waals surface area contributed by atoms with E-state index in [-0.39, 0.29) is 50.2 Å². The van der Waals surface area contributed by atoms with E-state index in [1.165, 1.54) is 21.6 Å². The highest BCUT2D eigenvalue weighted by atomic mass is 35.5. The molecule has 43 heavy (non-hydrogen) atoms. The minimum atomic E-state index is -0.997. The van der Waals surface area contributed by atoms with E-state index >= 15 is 0 Å². The van der Waals surface area contributed by atoms with Crippen LogP contribution in [0.3, 0.4) is 0 Å². The Morgan fingerprint density at radius 3 is 2.14 bits per heavy atom. The van der Waals surface area contributed by atoms with Crippen LogP contribution < -0.4 is 0 Å². The second-order valence-corrected chi connectivity index (χ2v) is 13.1. The first kappa shape index (κ1) is 33.3. The van der Waals surface area contributed by atoms with Crippen LogP contribution in [0.4, 0.5) is 0 Å². The van der Waals surface area contributed by atoms with Crippen molar-refractivity contribution in [1.29, 1.82) is 0 Å². The number of piperazine rings is 1. The molecule has 12 heteroatoms. The lowest BCUT2D eigenvalue weighted by molar-refractivity contribution is -0.158. The predicted octanol–water partition coefficient (Wildman–Crippen LogP) is 6.24. The van der Waals surface area contributed by atoms with Gasteiger partial charge in [-0.15, -0.1) is 11.3 Å². The van der Waals surface area contributed by atoms with Gasteiger partial charge in [-0.2, -0.15) is 0 Å². The van der Waals surface area contributed by atoms with Gasteiger partial charge in [0, 0.05) is 44.6 Å². The van der Waals surface area contributed by atoms with Crippen LogP contribution in [-0.4, -0.2) is 77.0 Å². The highest BCUT2D eigenvalue weighted by Gasteiger charge is 2.41. The third-order valence-corrected chi connectivity index (χ3v) is 9.38. The van der Waals surface area contributed by atoms with Crippen LogP contribution in [0.25, 0.3) is 0 Å². The van der Waals surface area contributed by atoms with E-state index in [1.807, 2.05) is 17.5 Å². The van der Waals surface area contributed by atoms with E-state index in [1.54, 1.807) is 47.7 Å². The summed E-state index contributed by atoms with van der Waals surface area (Å²) in [6.45, 7) is 1.96. The van der Waals surface area contributed by atoms with Gasteiger partial charge >= 0.3 is 0 Å². The zero-order valence-electron chi connectivity index (χ0n) is 23.5. The van der Waals surface area contributed by atoms with Crippen LogP contribution in [0.1, 0.15) is 29.3 Å². The van der Waals surface area contributed by atoms with Crippen LogP contribution in [0.2, 0.25) is 20.1 Å². The highest BCUT2D eigenvalue weighted by Crippen LogP contribution is 2.25. The summed E-state index contributed by atoms with van der Waals surface area (Å²) in [6.07, 6.45) is 1.13. The Bertz CT molecular complexity index is 1480. The van der Waals surface area contributed by atoms with Gasteiger partial charge in [0.15, 0.2) is 0 Å². The van der Waals surface area contributed by atoms with Gasteiger partial charge in [0.05, 0.1) is 19.5 Å². The van der Waals surface area contributed by atoms with E-state index in [0.29, 0.717) is 45.9 Å². The molecule has 0 aliphatic carbocycles. The number of nitrogens with zero attached hydrogens (tertiary/aromatic N) is 3. The summed E-state index contributed by atoms with van der Waals surface area (Å²) in [5.74, 6) is -1.14. The molecule has 1 fully saturated rings. The first-order valence-corrected chi connectivity index (χ1v) is 16.2. The first-order valence-electron chi connectivity index (χ1n) is 13.8. The molecule has 0 bridgehead atoms. The van der Waals surface area contributed by atoms with Crippen molar-refractivity contribution in [3.63, 3.8) is 0 Å². The van der Waals surface area contributed by atoms with Crippen molar-refractivity contribution < 1.29 is 19.2 Å². The van der Waals surface area contributed by atoms with Crippen molar-refractivity contribution in [3.05, 3.63) is 90.0 Å². The molecule has 0 spiro atoms. The van der Waals surface area contributed by atoms with Gasteiger partial charge in [-0.3, -0.25) is 19.2 Å². The Morgan fingerprint density at radius 2 is 1.56 bits per heavy atom. The van der Waals surface area contributed by atoms with Gasteiger partial charge in [0.2, 0.25) is 17.7 Å². The minimum absolute atomic E-state index is 0.0919. The molecule has 3 aromatic rings. The fraction of sp³-hybridized carbons (Fsp3) is 0.355. The molecule has 2 heterocycles. The van der Waals surface area contributed by atoms with Gasteiger partial charge in [0.1, 0.15) is 11.8 Å². The Balaban J connectivity index is 1.52. The van der Waals surface area contributed by atoms with Crippen molar-refractivity contribution in [1.82, 2.24) is 14.7 Å². The molecular formula is C31H31Cl4N3O4S. The molecule has 4 rings (SSSR count). The summed E-state index contributed by atoms with van der Waals surface area (Å²) in [5, 5.41) is 3.90. The number of hydrogen-bond donors (Lipinski definition) is 0. The summed E-state index contributed by atoms with van der Waals surface area (Å²) < 4.78 is 0. The van der Waals surface area contributed by atoms with Crippen molar-refractivity contribution in [2.45, 2.75) is 38.6 Å². The van der Waals surface area contributed by atoms with Crippen LogP contribution >= 0.6 is 57.7 Å². The number of hydrogen-bond acceptors (Lipinski definition) is 5. The summed E-state index contributed by atoms with van der Waals surface area (Å²) in [5.41, 5.74) is 1.58. The molecule has 2 aromatic carbocycles. The molecule has 3 amide bonds. The van der Waals surface area contributed by atoms with Crippen molar-refractivity contribution in [2.24, 2.45) is 0 Å². The molecule has 228 valence electrons. The number of benzene rings is 2. The van der Waals surface area contributed by atoms with Crippen molar-refractivity contribution >= 4 is 81.2 Å². The Hall–Kier alpha value is -2.62. The second-order valence-electron chi connectivity index (χ2n) is 10.4. The van der Waals surface area contributed by atoms with E-state index in [4.69, 9.17) is 46.4 Å². The zero-order valence-corrected chi connectivity index (χ0v) is 27.4. The SMILES string of the molecule is CC(=O)CN(CCc1ccc(Cl)cc1Cl)C(=O)CC1C(=O)N(CCc2ccc(Cl)cc2Cl)CC(=O)N1CCc1cccs1. The predicted molar refractivity (Wildman–Crippen MR) is 172 cm³/mol. The third-order valence-electron chi connectivity index (χ3n) is 7.27. The highest BCUT2D eigenvalue weighted by molar-refractivity contribution is 7.09. The van der Waals surface area contributed by atoms with Crippen LogP contribution in [0, 0.1) is 0 Å². The van der Waals surface area contributed by atoms with E-state index in [0.717, 1.165) is 16.0 Å². The summed E-state index contributed by atoms with van der Waals surface area (Å²) in [6, 6.07) is 13.2. The molecule has 1 aliphatic rings. The number of Topliss-reactive ketones (excluding diaryl/α,β-unsaturated/α-hetero) is 1. The average molecular weight is 683 g/mol. The standard InChI is InChI=1S/C31H31Cl4N3O4S/c1-20(39)18-36(11-8-21-4-6-23(32)15-26(21)34)29(40)17-28-31(42)37(12-9-22-5-7-24(33)16-27(22)35)19-30(41)38(28)13-10-25-3-2-14-43-25/h2-7,14-16,28H,8-13,17-19H2,1H3. The van der Waals surface area contributed by atoms with Crippen molar-refractivity contribution in [2.75, 3.05) is 32.7 Å². The molecule has 1 saturated heterocycles. The Kier molecular flexibility index (Phi) is 11.9. The van der Waals surface area contributed by atoms with Gasteiger partial charge in [0.25, 0.3) is 0 Å². The lowest BCUT2D eigenvalue weighted by Gasteiger charge is -2.40. The molecule has 1 aliphatic heterocycles. The summed E-state index contributed by atoms with van der Waals surface area (Å²) in [7, 11) is 0. The van der Waals surface area contributed by atoms with Crippen LogP contribution in [0.15, 0.2) is 53.9 Å². The minimum Gasteiger partial charge on any atom is -0.335 e. The Morgan fingerprint density at radius 1 is 0.907 bits per heavy atom. The maximum absolute atomic E-state index is 13.9. The molecule has 0 N–H and O–H groups in total. The van der Waals surface area contributed by atoms with Crippen molar-refractivity contribution in [3.8, 4) is 0 Å². The number of thiophene rings is 1.